The van der Waals surface area contributed by atoms with Gasteiger partial charge >= 0.3 is 12.2 Å². The Balaban J connectivity index is 1.53. The maximum absolute atomic E-state index is 12.9. The highest BCUT2D eigenvalue weighted by atomic mass is 32.1. The fourth-order valence-corrected chi connectivity index (χ4v) is 4.97. The molecule has 2 fully saturated rings. The molecule has 0 spiro atoms. The second-order valence-corrected chi connectivity index (χ2v) is 10.9. The first-order valence-corrected chi connectivity index (χ1v) is 11.9. The molecule has 3 rings (SSSR count). The number of rotatable bonds is 7. The van der Waals surface area contributed by atoms with Gasteiger partial charge in [0.2, 0.25) is 11.8 Å². The van der Waals surface area contributed by atoms with Gasteiger partial charge in [0.25, 0.3) is 0 Å². The molecule has 1 saturated heterocycles. The van der Waals surface area contributed by atoms with Gasteiger partial charge in [-0.15, -0.1) is 11.3 Å². The molecule has 12 heteroatoms. The smallest absolute Gasteiger partial charge is 0.410 e. The first kappa shape index (κ1) is 25.5. The molecule has 0 aromatic carbocycles. The van der Waals surface area contributed by atoms with Crippen molar-refractivity contribution in [3.63, 3.8) is 0 Å². The standard InChI is InChI=1S/C22H31N5O6S/c1-21(2,3)33-20(32)24-6-5-16(28)27-14(8-22(4)9-15(22)27)18(29)25-10-13-7-12(11-34-13)17(23)26-19(30)31/h7,11,14-15H,5-6,8-10H2,1-4H3,(H2,23,26)(H,24,32)(H,25,29)(H,30,31)/t14-,15-,22+/m0/s1. The molecule has 1 aromatic rings. The third-order valence-electron chi connectivity index (χ3n) is 5.84. The lowest BCUT2D eigenvalue weighted by Crippen LogP contribution is -2.48. The summed E-state index contributed by atoms with van der Waals surface area (Å²) in [5.74, 6) is -0.675. The topological polar surface area (TPSA) is 161 Å². The van der Waals surface area contributed by atoms with Crippen molar-refractivity contribution in [2.75, 3.05) is 6.54 Å². The van der Waals surface area contributed by atoms with E-state index in [4.69, 9.17) is 15.3 Å². The Morgan fingerprint density at radius 3 is 2.62 bits per heavy atom. The number of ether oxygens (including phenoxy) is 1. The molecule has 186 valence electrons. The van der Waals surface area contributed by atoms with Gasteiger partial charge in [-0.2, -0.15) is 0 Å². The molecular weight excluding hydrogens is 462 g/mol. The van der Waals surface area contributed by atoms with Crippen LogP contribution in [-0.2, 0) is 20.9 Å². The maximum atomic E-state index is 12.9. The van der Waals surface area contributed by atoms with Gasteiger partial charge in [-0.05, 0) is 45.1 Å². The van der Waals surface area contributed by atoms with Crippen molar-refractivity contribution in [2.24, 2.45) is 5.41 Å². The first-order chi connectivity index (χ1) is 15.8. The molecule has 4 amide bonds. The van der Waals surface area contributed by atoms with Gasteiger partial charge < -0.3 is 25.4 Å². The van der Waals surface area contributed by atoms with Crippen LogP contribution in [0.15, 0.2) is 11.4 Å². The predicted octanol–water partition coefficient (Wildman–Crippen LogP) is 2.25. The Hall–Kier alpha value is -3.15. The molecule has 5 N–H and O–H groups in total. The van der Waals surface area contributed by atoms with Crippen LogP contribution >= 0.6 is 11.3 Å². The monoisotopic (exact) mass is 493 g/mol. The number of fused-ring (bicyclic) bond motifs is 1. The third kappa shape index (κ3) is 6.25. The number of alkyl carbamates (subject to hydrolysis) is 1. The molecule has 1 aliphatic carbocycles. The summed E-state index contributed by atoms with van der Waals surface area (Å²) in [5, 5.41) is 25.5. The van der Waals surface area contributed by atoms with Gasteiger partial charge in [-0.1, -0.05) is 6.92 Å². The van der Waals surface area contributed by atoms with Crippen LogP contribution in [0.1, 0.15) is 57.4 Å². The normalized spacial score (nSPS) is 23.0. The van der Waals surface area contributed by atoms with Crippen molar-refractivity contribution in [3.05, 3.63) is 21.9 Å². The van der Waals surface area contributed by atoms with Crippen LogP contribution in [0, 0.1) is 10.8 Å². The molecule has 1 aromatic heterocycles. The quantitative estimate of drug-likeness (QED) is 0.289. The number of carbonyl (C=O) groups excluding carboxylic acids is 3. The molecule has 11 nitrogen and oxygen atoms in total. The molecule has 1 aliphatic heterocycles. The Kier molecular flexibility index (Phi) is 7.20. The van der Waals surface area contributed by atoms with Crippen LogP contribution in [0.4, 0.5) is 9.59 Å². The van der Waals surface area contributed by atoms with Crippen LogP contribution in [0.3, 0.4) is 0 Å². The summed E-state index contributed by atoms with van der Waals surface area (Å²) in [7, 11) is 0. The SMILES string of the molecule is CC(C)(C)OC(=O)NCCC(=O)N1[C@H]2C[C@@]2(C)C[C@H]1C(=O)NCc1cc(C(=N)NC(=O)O)cs1. The van der Waals surface area contributed by atoms with Crippen LogP contribution in [0.2, 0.25) is 0 Å². The van der Waals surface area contributed by atoms with E-state index in [2.05, 4.69) is 17.6 Å². The number of thiophene rings is 1. The largest absolute Gasteiger partial charge is 0.465 e. The summed E-state index contributed by atoms with van der Waals surface area (Å²) >= 11 is 1.30. The lowest BCUT2D eigenvalue weighted by atomic mass is 10.0. The summed E-state index contributed by atoms with van der Waals surface area (Å²) in [5.41, 5.74) is -0.275. The number of hydrogen-bond donors (Lipinski definition) is 5. The number of carbonyl (C=O) groups is 4. The number of nitrogens with one attached hydrogen (secondary N) is 4. The summed E-state index contributed by atoms with van der Waals surface area (Å²) in [6.45, 7) is 7.67. The highest BCUT2D eigenvalue weighted by Crippen LogP contribution is 2.59. The lowest BCUT2D eigenvalue weighted by Gasteiger charge is -2.27. The van der Waals surface area contributed by atoms with E-state index in [1.807, 2.05) is 5.32 Å². The van der Waals surface area contributed by atoms with E-state index in [0.29, 0.717) is 12.0 Å². The fourth-order valence-electron chi connectivity index (χ4n) is 4.15. The molecule has 0 radical (unpaired) electrons. The van der Waals surface area contributed by atoms with Crippen molar-refractivity contribution >= 4 is 41.2 Å². The van der Waals surface area contributed by atoms with Crippen LogP contribution < -0.4 is 16.0 Å². The highest BCUT2D eigenvalue weighted by Gasteiger charge is 2.64. The number of carboxylic acid groups (broad SMARTS) is 1. The number of piperidine rings is 1. The first-order valence-electron chi connectivity index (χ1n) is 11.0. The van der Waals surface area contributed by atoms with Crippen LogP contribution in [0.5, 0.6) is 0 Å². The van der Waals surface area contributed by atoms with E-state index in [-0.39, 0.29) is 48.6 Å². The molecule has 2 heterocycles. The molecule has 0 bridgehead atoms. The van der Waals surface area contributed by atoms with Crippen molar-refractivity contribution in [1.82, 2.24) is 20.9 Å². The van der Waals surface area contributed by atoms with Gasteiger partial charge in [0.05, 0.1) is 6.54 Å². The minimum atomic E-state index is -1.31. The Labute approximate surface area is 201 Å². The minimum Gasteiger partial charge on any atom is -0.465 e. The molecule has 0 unspecified atom stereocenters. The molecule has 2 aliphatic rings. The van der Waals surface area contributed by atoms with Crippen LogP contribution in [-0.4, -0.2) is 64.1 Å². The van der Waals surface area contributed by atoms with E-state index < -0.39 is 23.8 Å². The van der Waals surface area contributed by atoms with Gasteiger partial charge in [-0.3, -0.25) is 20.3 Å². The second-order valence-electron chi connectivity index (χ2n) is 9.90. The highest BCUT2D eigenvalue weighted by molar-refractivity contribution is 7.10. The Morgan fingerprint density at radius 1 is 1.26 bits per heavy atom. The zero-order chi connectivity index (χ0) is 25.3. The number of likely N-dealkylation sites (tertiary alicyclic amines) is 1. The summed E-state index contributed by atoms with van der Waals surface area (Å²) in [4.78, 5) is 50.8. The predicted molar refractivity (Wildman–Crippen MR) is 125 cm³/mol. The second kappa shape index (κ2) is 9.61. The van der Waals surface area contributed by atoms with Crippen molar-refractivity contribution in [1.29, 1.82) is 5.41 Å². The summed E-state index contributed by atoms with van der Waals surface area (Å²) in [6, 6.07) is 1.08. The lowest BCUT2D eigenvalue weighted by molar-refractivity contribution is -0.139. The molecular formula is C22H31N5O6S. The molecule has 34 heavy (non-hydrogen) atoms. The van der Waals surface area contributed by atoms with Gasteiger partial charge in [0.15, 0.2) is 0 Å². The van der Waals surface area contributed by atoms with Gasteiger partial charge in [0.1, 0.15) is 17.5 Å². The van der Waals surface area contributed by atoms with E-state index in [9.17, 15) is 19.2 Å². The van der Waals surface area contributed by atoms with Crippen molar-refractivity contribution < 1.29 is 29.0 Å². The van der Waals surface area contributed by atoms with E-state index in [1.165, 1.54) is 11.3 Å². The van der Waals surface area contributed by atoms with Crippen molar-refractivity contribution in [3.8, 4) is 0 Å². The number of hydrogen-bond acceptors (Lipinski definition) is 7. The number of nitrogens with zero attached hydrogens (tertiary/aromatic N) is 1. The van der Waals surface area contributed by atoms with E-state index >= 15 is 0 Å². The van der Waals surface area contributed by atoms with Gasteiger partial charge in [0, 0.05) is 34.8 Å². The van der Waals surface area contributed by atoms with E-state index in [1.54, 1.807) is 37.1 Å². The number of amides is 4. The third-order valence-corrected chi connectivity index (χ3v) is 6.78. The van der Waals surface area contributed by atoms with Crippen LogP contribution in [0.25, 0.3) is 0 Å². The fraction of sp³-hybridized carbons (Fsp3) is 0.591. The minimum absolute atomic E-state index is 0.0215. The number of amidine groups is 1. The van der Waals surface area contributed by atoms with E-state index in [0.717, 1.165) is 11.3 Å². The zero-order valence-corrected chi connectivity index (χ0v) is 20.5. The summed E-state index contributed by atoms with van der Waals surface area (Å²) < 4.78 is 5.17. The van der Waals surface area contributed by atoms with Gasteiger partial charge in [-0.25, -0.2) is 9.59 Å². The average molecular weight is 494 g/mol. The Morgan fingerprint density at radius 2 is 1.97 bits per heavy atom. The molecule has 3 atom stereocenters. The molecule has 1 saturated carbocycles. The average Bonchev–Trinajstić information content (AvgIpc) is 3.05. The summed E-state index contributed by atoms with van der Waals surface area (Å²) in [6.07, 6.45) is -0.394. The Bertz CT molecular complexity index is 1000. The van der Waals surface area contributed by atoms with Crippen molar-refractivity contribution in [2.45, 2.75) is 71.2 Å². The zero-order valence-electron chi connectivity index (χ0n) is 19.7. The maximum Gasteiger partial charge on any atom is 0.410 e.